The Labute approximate surface area is 156 Å². The molecule has 2 aromatic rings. The minimum atomic E-state index is -0.485. The lowest BCUT2D eigenvalue weighted by Gasteiger charge is -2.07. The summed E-state index contributed by atoms with van der Waals surface area (Å²) >= 11 is 1.49. The van der Waals surface area contributed by atoms with Crippen molar-refractivity contribution < 1.29 is 14.4 Å². The summed E-state index contributed by atoms with van der Waals surface area (Å²) in [5.41, 5.74) is 6.47. The average Bonchev–Trinajstić information content (AvgIpc) is 2.95. The summed E-state index contributed by atoms with van der Waals surface area (Å²) < 4.78 is 0. The van der Waals surface area contributed by atoms with Crippen molar-refractivity contribution in [1.29, 1.82) is 0 Å². The van der Waals surface area contributed by atoms with E-state index in [2.05, 4.69) is 16.2 Å². The third kappa shape index (κ3) is 4.70. The van der Waals surface area contributed by atoms with Crippen LogP contribution in [0.1, 0.15) is 49.7 Å². The third-order valence-electron chi connectivity index (χ3n) is 4.23. The number of hydrogen-bond donors (Lipinski definition) is 3. The Bertz CT molecular complexity index is 778. The van der Waals surface area contributed by atoms with Crippen LogP contribution in [0.4, 0.5) is 0 Å². The highest BCUT2D eigenvalue weighted by Crippen LogP contribution is 2.28. The quantitative estimate of drug-likeness (QED) is 0.569. The van der Waals surface area contributed by atoms with Gasteiger partial charge in [-0.25, -0.2) is 0 Å². The molecule has 0 radical (unpaired) electrons. The number of thiophene rings is 1. The SMILES string of the molecule is O=C(CNC(=O)c1ccccc1)NNC(=O)c1cc2c(s1)CCCCC2. The van der Waals surface area contributed by atoms with Gasteiger partial charge in [-0.2, -0.15) is 0 Å². The lowest BCUT2D eigenvalue weighted by Crippen LogP contribution is -2.46. The minimum Gasteiger partial charge on any atom is -0.343 e. The molecule has 0 spiro atoms. The van der Waals surface area contributed by atoms with Crippen molar-refractivity contribution in [2.45, 2.75) is 32.1 Å². The molecule has 0 unspecified atom stereocenters. The van der Waals surface area contributed by atoms with Gasteiger partial charge in [0.15, 0.2) is 0 Å². The molecule has 0 saturated heterocycles. The fourth-order valence-electron chi connectivity index (χ4n) is 2.86. The standard InChI is InChI=1S/C19H21N3O3S/c23-17(12-20-18(24)13-7-3-1-4-8-13)21-22-19(25)16-11-14-9-5-2-6-10-15(14)26-16/h1,3-4,7-8,11H,2,5-6,9-10,12H2,(H,20,24)(H,21,23)(H,22,25). The Hall–Kier alpha value is -2.67. The molecule has 0 aliphatic heterocycles. The van der Waals surface area contributed by atoms with Crippen LogP contribution in [0, 0.1) is 0 Å². The van der Waals surface area contributed by atoms with E-state index >= 15 is 0 Å². The number of fused-ring (bicyclic) bond motifs is 1. The molecule has 1 heterocycles. The number of rotatable bonds is 4. The largest absolute Gasteiger partial charge is 0.343 e. The Balaban J connectivity index is 1.45. The van der Waals surface area contributed by atoms with E-state index in [4.69, 9.17) is 0 Å². The molecular formula is C19H21N3O3S. The van der Waals surface area contributed by atoms with Gasteiger partial charge in [-0.15, -0.1) is 11.3 Å². The topological polar surface area (TPSA) is 87.3 Å². The molecule has 26 heavy (non-hydrogen) atoms. The lowest BCUT2D eigenvalue weighted by atomic mass is 10.1. The maximum Gasteiger partial charge on any atom is 0.279 e. The second-order valence-corrected chi connectivity index (χ2v) is 7.31. The molecule has 1 aliphatic carbocycles. The number of benzene rings is 1. The zero-order chi connectivity index (χ0) is 18.4. The monoisotopic (exact) mass is 371 g/mol. The van der Waals surface area contributed by atoms with Gasteiger partial charge >= 0.3 is 0 Å². The zero-order valence-electron chi connectivity index (χ0n) is 14.3. The summed E-state index contributed by atoms with van der Waals surface area (Å²) in [6.07, 6.45) is 5.57. The molecule has 136 valence electrons. The first kappa shape index (κ1) is 18.1. The molecule has 1 aromatic heterocycles. The number of hydrazine groups is 1. The molecule has 0 bridgehead atoms. The van der Waals surface area contributed by atoms with Crippen LogP contribution in [0.2, 0.25) is 0 Å². The van der Waals surface area contributed by atoms with E-state index in [1.54, 1.807) is 24.3 Å². The maximum absolute atomic E-state index is 12.2. The van der Waals surface area contributed by atoms with Crippen molar-refractivity contribution in [3.05, 3.63) is 57.3 Å². The summed E-state index contributed by atoms with van der Waals surface area (Å²) in [6.45, 7) is -0.213. The molecule has 3 rings (SSSR count). The average molecular weight is 371 g/mol. The summed E-state index contributed by atoms with van der Waals surface area (Å²) in [5.74, 6) is -1.15. The van der Waals surface area contributed by atoms with Crippen molar-refractivity contribution in [3.8, 4) is 0 Å². The maximum atomic E-state index is 12.2. The van der Waals surface area contributed by atoms with E-state index in [1.165, 1.54) is 28.2 Å². The van der Waals surface area contributed by atoms with Gasteiger partial charge in [0.2, 0.25) is 0 Å². The van der Waals surface area contributed by atoms with Gasteiger partial charge < -0.3 is 5.32 Å². The fourth-order valence-corrected chi connectivity index (χ4v) is 4.01. The van der Waals surface area contributed by atoms with Crippen molar-refractivity contribution in [1.82, 2.24) is 16.2 Å². The molecule has 7 heteroatoms. The first-order valence-corrected chi connectivity index (χ1v) is 9.49. The van der Waals surface area contributed by atoms with E-state index in [1.807, 2.05) is 12.1 Å². The second kappa shape index (κ2) is 8.62. The van der Waals surface area contributed by atoms with Crippen molar-refractivity contribution in [2.24, 2.45) is 0 Å². The summed E-state index contributed by atoms with van der Waals surface area (Å²) in [6, 6.07) is 10.6. The second-order valence-electron chi connectivity index (χ2n) is 6.17. The number of nitrogens with one attached hydrogen (secondary N) is 3. The summed E-state index contributed by atoms with van der Waals surface area (Å²) in [5, 5.41) is 2.51. The van der Waals surface area contributed by atoms with Gasteiger partial charge in [-0.05, 0) is 49.4 Å². The molecule has 0 fully saturated rings. The highest BCUT2D eigenvalue weighted by Gasteiger charge is 2.17. The number of carbonyl (C=O) groups excluding carboxylic acids is 3. The predicted molar refractivity (Wildman–Crippen MR) is 100.0 cm³/mol. The number of amides is 3. The fraction of sp³-hybridized carbons (Fsp3) is 0.316. The van der Waals surface area contributed by atoms with Crippen molar-refractivity contribution >= 4 is 29.1 Å². The minimum absolute atomic E-state index is 0.213. The van der Waals surface area contributed by atoms with Gasteiger partial charge in [0.1, 0.15) is 0 Å². The number of aryl methyl sites for hydroxylation is 2. The first-order valence-electron chi connectivity index (χ1n) is 8.67. The highest BCUT2D eigenvalue weighted by atomic mass is 32.1. The molecule has 1 aliphatic rings. The van der Waals surface area contributed by atoms with Crippen LogP contribution in [0.3, 0.4) is 0 Å². The van der Waals surface area contributed by atoms with E-state index in [0.717, 1.165) is 25.7 Å². The Morgan fingerprint density at radius 2 is 1.69 bits per heavy atom. The van der Waals surface area contributed by atoms with Crippen LogP contribution >= 0.6 is 11.3 Å². The summed E-state index contributed by atoms with van der Waals surface area (Å²) in [4.78, 5) is 37.8. The van der Waals surface area contributed by atoms with Crippen LogP contribution in [0.15, 0.2) is 36.4 Å². The van der Waals surface area contributed by atoms with Crippen LogP contribution in [-0.4, -0.2) is 24.3 Å². The van der Waals surface area contributed by atoms with Crippen LogP contribution in [0.5, 0.6) is 0 Å². The van der Waals surface area contributed by atoms with Gasteiger partial charge in [-0.3, -0.25) is 25.2 Å². The highest BCUT2D eigenvalue weighted by molar-refractivity contribution is 7.14. The molecular weight excluding hydrogens is 350 g/mol. The summed E-state index contributed by atoms with van der Waals surface area (Å²) in [7, 11) is 0. The van der Waals surface area contributed by atoms with Gasteiger partial charge in [0.25, 0.3) is 17.7 Å². The van der Waals surface area contributed by atoms with Crippen LogP contribution < -0.4 is 16.2 Å². The molecule has 3 amide bonds. The zero-order valence-corrected chi connectivity index (χ0v) is 15.2. The van der Waals surface area contributed by atoms with Gasteiger partial charge in [0, 0.05) is 10.4 Å². The predicted octanol–water partition coefficient (Wildman–Crippen LogP) is 2.21. The molecule has 0 saturated carbocycles. The van der Waals surface area contributed by atoms with E-state index in [-0.39, 0.29) is 18.4 Å². The van der Waals surface area contributed by atoms with Crippen LogP contribution in [0.25, 0.3) is 0 Å². The normalized spacial score (nSPS) is 13.2. The molecule has 1 aromatic carbocycles. The van der Waals surface area contributed by atoms with Crippen molar-refractivity contribution in [2.75, 3.05) is 6.54 Å². The molecule has 3 N–H and O–H groups in total. The molecule has 6 nitrogen and oxygen atoms in total. The number of hydrogen-bond acceptors (Lipinski definition) is 4. The Kier molecular flexibility index (Phi) is 6.01. The lowest BCUT2D eigenvalue weighted by molar-refractivity contribution is -0.120. The first-order chi connectivity index (χ1) is 12.6. The third-order valence-corrected chi connectivity index (χ3v) is 5.47. The van der Waals surface area contributed by atoms with Gasteiger partial charge in [-0.1, -0.05) is 24.6 Å². The van der Waals surface area contributed by atoms with Crippen LogP contribution in [-0.2, 0) is 17.6 Å². The smallest absolute Gasteiger partial charge is 0.279 e. The Morgan fingerprint density at radius 1 is 0.923 bits per heavy atom. The Morgan fingerprint density at radius 3 is 2.50 bits per heavy atom. The van der Waals surface area contributed by atoms with E-state index < -0.39 is 5.91 Å². The number of carbonyl (C=O) groups is 3. The molecule has 0 atom stereocenters. The van der Waals surface area contributed by atoms with E-state index in [0.29, 0.717) is 10.4 Å². The van der Waals surface area contributed by atoms with E-state index in [9.17, 15) is 14.4 Å². The van der Waals surface area contributed by atoms with Crippen molar-refractivity contribution in [3.63, 3.8) is 0 Å². The van der Waals surface area contributed by atoms with Gasteiger partial charge in [0.05, 0.1) is 11.4 Å².